The molecule has 1 aromatic carbocycles. The smallest absolute Gasteiger partial charge is 0.193 e. The number of anilines is 1. The summed E-state index contributed by atoms with van der Waals surface area (Å²) >= 11 is 0. The third kappa shape index (κ3) is 2.90. The van der Waals surface area contributed by atoms with Crippen LogP contribution in [0.1, 0.15) is 20.3 Å². The quantitative estimate of drug-likeness (QED) is 0.621. The van der Waals surface area contributed by atoms with Crippen molar-refractivity contribution in [2.75, 3.05) is 12.4 Å². The molecule has 0 spiro atoms. The number of rotatable bonds is 3. The Hall–Kier alpha value is -1.71. The van der Waals surface area contributed by atoms with Gasteiger partial charge < -0.3 is 15.8 Å². The summed E-state index contributed by atoms with van der Waals surface area (Å²) in [7, 11) is 1.65. The van der Waals surface area contributed by atoms with Gasteiger partial charge in [0.25, 0.3) is 0 Å². The minimum Gasteiger partial charge on any atom is -0.497 e. The molecule has 4 nitrogen and oxygen atoms in total. The van der Waals surface area contributed by atoms with Gasteiger partial charge in [0.05, 0.1) is 13.2 Å². The molecule has 0 aliphatic heterocycles. The van der Waals surface area contributed by atoms with Crippen LogP contribution in [0.5, 0.6) is 5.75 Å². The van der Waals surface area contributed by atoms with Gasteiger partial charge in [0.15, 0.2) is 5.96 Å². The molecule has 0 aromatic heterocycles. The molecule has 1 atom stereocenters. The van der Waals surface area contributed by atoms with Crippen molar-refractivity contribution in [3.63, 3.8) is 0 Å². The molecule has 2 rings (SSSR count). The maximum Gasteiger partial charge on any atom is 0.193 e. The molecule has 17 heavy (non-hydrogen) atoms. The number of benzene rings is 1. The van der Waals surface area contributed by atoms with Gasteiger partial charge in [-0.1, -0.05) is 13.8 Å². The highest BCUT2D eigenvalue weighted by molar-refractivity contribution is 5.92. The van der Waals surface area contributed by atoms with Crippen molar-refractivity contribution in [2.45, 2.75) is 26.3 Å². The van der Waals surface area contributed by atoms with E-state index >= 15 is 0 Å². The number of nitrogens with two attached hydrogens (primary N) is 1. The molecule has 1 fully saturated rings. The van der Waals surface area contributed by atoms with Crippen molar-refractivity contribution in [2.24, 2.45) is 16.1 Å². The van der Waals surface area contributed by atoms with Gasteiger partial charge in [-0.15, -0.1) is 0 Å². The van der Waals surface area contributed by atoms with Gasteiger partial charge >= 0.3 is 0 Å². The van der Waals surface area contributed by atoms with E-state index in [1.54, 1.807) is 7.11 Å². The van der Waals surface area contributed by atoms with Gasteiger partial charge in [0, 0.05) is 5.69 Å². The highest BCUT2D eigenvalue weighted by Gasteiger charge is 2.45. The zero-order valence-corrected chi connectivity index (χ0v) is 10.5. The Bertz CT molecular complexity index is 423. The van der Waals surface area contributed by atoms with E-state index in [1.807, 2.05) is 24.3 Å². The van der Waals surface area contributed by atoms with Crippen LogP contribution in [0.2, 0.25) is 0 Å². The maximum absolute atomic E-state index is 5.85. The van der Waals surface area contributed by atoms with Crippen molar-refractivity contribution >= 4 is 11.6 Å². The maximum atomic E-state index is 5.85. The van der Waals surface area contributed by atoms with E-state index in [-0.39, 0.29) is 0 Å². The first kappa shape index (κ1) is 11.8. The van der Waals surface area contributed by atoms with Crippen LogP contribution in [0.25, 0.3) is 0 Å². The van der Waals surface area contributed by atoms with Crippen LogP contribution in [0.4, 0.5) is 5.69 Å². The van der Waals surface area contributed by atoms with Gasteiger partial charge in [0.2, 0.25) is 0 Å². The van der Waals surface area contributed by atoms with Gasteiger partial charge in [-0.3, -0.25) is 0 Å². The lowest BCUT2D eigenvalue weighted by molar-refractivity contribution is 0.415. The number of ether oxygens (including phenoxy) is 1. The number of nitrogens with zero attached hydrogens (tertiary/aromatic N) is 1. The first-order chi connectivity index (χ1) is 8.01. The third-order valence-corrected chi connectivity index (χ3v) is 3.12. The normalized spacial score (nSPS) is 22.1. The SMILES string of the molecule is COc1ccc(NC(N)=N[C@H]2CC2(C)C)cc1. The molecule has 1 saturated carbocycles. The zero-order chi connectivity index (χ0) is 12.5. The molecule has 92 valence electrons. The molecule has 0 saturated heterocycles. The zero-order valence-electron chi connectivity index (χ0n) is 10.5. The second-order valence-electron chi connectivity index (χ2n) is 5.08. The lowest BCUT2D eigenvalue weighted by Gasteiger charge is -2.07. The minimum absolute atomic E-state index is 0.312. The Balaban J connectivity index is 1.96. The fourth-order valence-corrected chi connectivity index (χ4v) is 1.68. The Morgan fingerprint density at radius 2 is 2.00 bits per heavy atom. The van der Waals surface area contributed by atoms with E-state index in [4.69, 9.17) is 10.5 Å². The van der Waals surface area contributed by atoms with Crippen LogP contribution < -0.4 is 15.8 Å². The molecule has 4 heteroatoms. The highest BCUT2D eigenvalue weighted by Crippen LogP contribution is 2.47. The highest BCUT2D eigenvalue weighted by atomic mass is 16.5. The molecular weight excluding hydrogens is 214 g/mol. The number of hydrogen-bond acceptors (Lipinski definition) is 2. The second kappa shape index (κ2) is 4.28. The topological polar surface area (TPSA) is 59.6 Å². The van der Waals surface area contributed by atoms with E-state index < -0.39 is 0 Å². The molecule has 0 radical (unpaired) electrons. The van der Waals surface area contributed by atoms with Crippen molar-refractivity contribution in [1.29, 1.82) is 0 Å². The van der Waals surface area contributed by atoms with Crippen LogP contribution in [-0.4, -0.2) is 19.1 Å². The van der Waals surface area contributed by atoms with Gasteiger partial charge in [-0.05, 0) is 36.1 Å². The summed E-state index contributed by atoms with van der Waals surface area (Å²) in [6, 6.07) is 7.96. The Kier molecular flexibility index (Phi) is 2.96. The molecule has 0 heterocycles. The monoisotopic (exact) mass is 233 g/mol. The average Bonchev–Trinajstić information content (AvgIpc) is 2.86. The summed E-state index contributed by atoms with van der Waals surface area (Å²) in [6.45, 7) is 4.39. The van der Waals surface area contributed by atoms with Crippen LogP contribution in [0.3, 0.4) is 0 Å². The molecule has 1 aliphatic carbocycles. The van der Waals surface area contributed by atoms with Crippen LogP contribution in [0.15, 0.2) is 29.3 Å². The van der Waals surface area contributed by atoms with E-state index in [1.165, 1.54) is 0 Å². The lowest BCUT2D eigenvalue weighted by Crippen LogP contribution is -2.23. The van der Waals surface area contributed by atoms with Crippen molar-refractivity contribution in [3.05, 3.63) is 24.3 Å². The second-order valence-corrected chi connectivity index (χ2v) is 5.08. The number of guanidine groups is 1. The van der Waals surface area contributed by atoms with E-state index in [0.29, 0.717) is 17.4 Å². The summed E-state index contributed by atoms with van der Waals surface area (Å²) < 4.78 is 5.09. The summed E-state index contributed by atoms with van der Waals surface area (Å²) in [6.07, 6.45) is 1.11. The average molecular weight is 233 g/mol. The number of aliphatic imine (C=N–C) groups is 1. The predicted molar refractivity (Wildman–Crippen MR) is 70.4 cm³/mol. The summed E-state index contributed by atoms with van der Waals surface area (Å²) in [4.78, 5) is 4.43. The Labute approximate surface area is 102 Å². The molecule has 1 aromatic rings. The van der Waals surface area contributed by atoms with Gasteiger partial charge in [-0.2, -0.15) is 0 Å². The predicted octanol–water partition coefficient (Wildman–Crippen LogP) is 2.22. The summed E-state index contributed by atoms with van der Waals surface area (Å²) in [5, 5.41) is 3.07. The molecule has 0 amide bonds. The molecule has 1 aliphatic rings. The van der Waals surface area contributed by atoms with Crippen molar-refractivity contribution in [1.82, 2.24) is 0 Å². The van der Waals surface area contributed by atoms with Crippen LogP contribution >= 0.6 is 0 Å². The van der Waals surface area contributed by atoms with Crippen LogP contribution in [0, 0.1) is 5.41 Å². The van der Waals surface area contributed by atoms with Crippen LogP contribution in [-0.2, 0) is 0 Å². The summed E-state index contributed by atoms with van der Waals surface area (Å²) in [5.41, 5.74) is 7.08. The fourth-order valence-electron chi connectivity index (χ4n) is 1.68. The molecule has 0 bridgehead atoms. The van der Waals surface area contributed by atoms with E-state index in [2.05, 4.69) is 24.2 Å². The lowest BCUT2D eigenvalue weighted by atomic mass is 10.2. The largest absolute Gasteiger partial charge is 0.497 e. The third-order valence-electron chi connectivity index (χ3n) is 3.12. The van der Waals surface area contributed by atoms with Gasteiger partial charge in [0.1, 0.15) is 5.75 Å². The first-order valence-corrected chi connectivity index (χ1v) is 5.75. The van der Waals surface area contributed by atoms with Gasteiger partial charge in [-0.25, -0.2) is 4.99 Å². The van der Waals surface area contributed by atoms with E-state index in [0.717, 1.165) is 17.9 Å². The molecule has 0 unspecified atom stereocenters. The van der Waals surface area contributed by atoms with Crippen molar-refractivity contribution < 1.29 is 4.74 Å². The molecule has 3 N–H and O–H groups in total. The number of nitrogens with one attached hydrogen (secondary N) is 1. The Morgan fingerprint density at radius 1 is 1.41 bits per heavy atom. The standard InChI is InChI=1S/C13H19N3O/c1-13(2)8-11(13)16-12(14)15-9-4-6-10(17-3)7-5-9/h4-7,11H,8H2,1-3H3,(H3,14,15,16)/t11-/m0/s1. The minimum atomic E-state index is 0.312. The summed E-state index contributed by atoms with van der Waals surface area (Å²) in [5.74, 6) is 1.31. The Morgan fingerprint density at radius 3 is 2.47 bits per heavy atom. The fraction of sp³-hybridized carbons (Fsp3) is 0.462. The first-order valence-electron chi connectivity index (χ1n) is 5.75. The molecular formula is C13H19N3O. The van der Waals surface area contributed by atoms with E-state index in [9.17, 15) is 0 Å². The number of methoxy groups -OCH3 is 1. The number of hydrogen-bond donors (Lipinski definition) is 2. The van der Waals surface area contributed by atoms with Crippen molar-refractivity contribution in [3.8, 4) is 5.75 Å².